The van der Waals surface area contributed by atoms with E-state index in [0.29, 0.717) is 18.2 Å². The molecule has 0 radical (unpaired) electrons. The van der Waals surface area contributed by atoms with Crippen LogP contribution in [0.15, 0.2) is 0 Å². The predicted octanol–water partition coefficient (Wildman–Crippen LogP) is 1.76. The van der Waals surface area contributed by atoms with E-state index >= 15 is 0 Å². The van der Waals surface area contributed by atoms with E-state index < -0.39 is 0 Å². The van der Waals surface area contributed by atoms with Crippen LogP contribution < -0.4 is 5.73 Å². The Morgan fingerprint density at radius 2 is 2.19 bits per heavy atom. The number of nitrogens with two attached hydrogens (primary N) is 1. The molecule has 0 aromatic heterocycles. The van der Waals surface area contributed by atoms with Crippen LogP contribution in [0.2, 0.25) is 0 Å². The van der Waals surface area contributed by atoms with E-state index in [9.17, 15) is 0 Å². The van der Waals surface area contributed by atoms with E-state index in [1.807, 2.05) is 0 Å². The molecule has 2 rings (SSSR count). The Morgan fingerprint density at radius 1 is 1.38 bits per heavy atom. The van der Waals surface area contributed by atoms with E-state index in [0.717, 1.165) is 12.6 Å². The van der Waals surface area contributed by atoms with Crippen LogP contribution in [0.25, 0.3) is 0 Å². The zero-order valence-corrected chi connectivity index (χ0v) is 10.7. The fraction of sp³-hybridized carbons (Fsp3) is 1.00. The van der Waals surface area contributed by atoms with Crippen LogP contribution in [0.4, 0.5) is 0 Å². The quantitative estimate of drug-likeness (QED) is 0.794. The lowest BCUT2D eigenvalue weighted by molar-refractivity contribution is -0.00850. The van der Waals surface area contributed by atoms with Gasteiger partial charge in [0.2, 0.25) is 0 Å². The smallest absolute Gasteiger partial charge is 0.0747 e. The Hall–Kier alpha value is -0.120. The van der Waals surface area contributed by atoms with Gasteiger partial charge in [-0.15, -0.1) is 0 Å². The molecule has 0 aliphatic carbocycles. The Kier molecular flexibility index (Phi) is 4.22. The third kappa shape index (κ3) is 2.41. The van der Waals surface area contributed by atoms with Crippen molar-refractivity contribution in [3.8, 4) is 0 Å². The summed E-state index contributed by atoms with van der Waals surface area (Å²) in [5.74, 6) is 0. The summed E-state index contributed by atoms with van der Waals surface area (Å²) in [6.45, 7) is 6.42. The van der Waals surface area contributed by atoms with Gasteiger partial charge in [0.1, 0.15) is 0 Å². The molecular formula is C13H26N2O. The van der Waals surface area contributed by atoms with Crippen molar-refractivity contribution in [1.82, 2.24) is 4.90 Å². The normalized spacial score (nSPS) is 38.1. The minimum atomic E-state index is 0.382. The first-order valence-corrected chi connectivity index (χ1v) is 6.87. The molecule has 2 aliphatic heterocycles. The number of hydrogen-bond donors (Lipinski definition) is 1. The molecule has 0 spiro atoms. The van der Waals surface area contributed by atoms with Crippen molar-refractivity contribution in [1.29, 1.82) is 0 Å². The highest BCUT2D eigenvalue weighted by atomic mass is 16.5. The summed E-state index contributed by atoms with van der Waals surface area (Å²) < 4.78 is 6.00. The molecule has 0 saturated carbocycles. The summed E-state index contributed by atoms with van der Waals surface area (Å²) in [5, 5.41) is 0. The molecule has 2 N–H and O–H groups in total. The fourth-order valence-corrected chi connectivity index (χ4v) is 3.35. The van der Waals surface area contributed by atoms with Crippen LogP contribution >= 0.6 is 0 Å². The van der Waals surface area contributed by atoms with Gasteiger partial charge in [0, 0.05) is 18.6 Å². The molecule has 3 heteroatoms. The molecule has 3 nitrogen and oxygen atoms in total. The number of hydrogen-bond acceptors (Lipinski definition) is 3. The second-order valence-electron chi connectivity index (χ2n) is 5.31. The Balaban J connectivity index is 1.98. The monoisotopic (exact) mass is 226 g/mol. The highest BCUT2D eigenvalue weighted by Gasteiger charge is 2.36. The predicted molar refractivity (Wildman–Crippen MR) is 66.4 cm³/mol. The largest absolute Gasteiger partial charge is 0.374 e. The van der Waals surface area contributed by atoms with Gasteiger partial charge in [-0.3, -0.25) is 4.90 Å². The second kappa shape index (κ2) is 5.48. The number of ether oxygens (including phenoxy) is 1. The Morgan fingerprint density at radius 3 is 2.75 bits per heavy atom. The molecule has 2 aliphatic rings. The summed E-state index contributed by atoms with van der Waals surface area (Å²) in [6, 6.07) is 1.20. The van der Waals surface area contributed by atoms with E-state index in [1.165, 1.54) is 38.6 Å². The number of nitrogens with zero attached hydrogens (tertiary/aromatic N) is 1. The minimum Gasteiger partial charge on any atom is -0.374 e. The molecule has 2 saturated heterocycles. The molecule has 4 atom stereocenters. The summed E-state index contributed by atoms with van der Waals surface area (Å²) in [7, 11) is 0. The van der Waals surface area contributed by atoms with Crippen molar-refractivity contribution < 1.29 is 4.74 Å². The van der Waals surface area contributed by atoms with Gasteiger partial charge in [0.05, 0.1) is 12.2 Å². The lowest BCUT2D eigenvalue weighted by atomic mass is 10.0. The van der Waals surface area contributed by atoms with Crippen LogP contribution in [0.3, 0.4) is 0 Å². The molecule has 4 unspecified atom stereocenters. The van der Waals surface area contributed by atoms with Crippen LogP contribution in [0, 0.1) is 0 Å². The average molecular weight is 226 g/mol. The first-order chi connectivity index (χ1) is 7.76. The lowest BCUT2D eigenvalue weighted by Crippen LogP contribution is -2.50. The van der Waals surface area contributed by atoms with Gasteiger partial charge in [-0.1, -0.05) is 6.92 Å². The van der Waals surface area contributed by atoms with E-state index in [2.05, 4.69) is 18.7 Å². The van der Waals surface area contributed by atoms with E-state index in [-0.39, 0.29) is 0 Å². The first-order valence-electron chi connectivity index (χ1n) is 6.87. The maximum Gasteiger partial charge on any atom is 0.0747 e. The third-order valence-corrected chi connectivity index (χ3v) is 4.26. The molecule has 16 heavy (non-hydrogen) atoms. The maximum atomic E-state index is 6.00. The standard InChI is InChI=1S/C13H26N2O/c1-3-11-5-4-8-15(11)12(9-14)13-7-6-10(2)16-13/h10-13H,3-9,14H2,1-2H3. The van der Waals surface area contributed by atoms with Crippen molar-refractivity contribution in [3.05, 3.63) is 0 Å². The zero-order chi connectivity index (χ0) is 11.5. The molecule has 0 bridgehead atoms. The van der Waals surface area contributed by atoms with Crippen LogP contribution in [0.5, 0.6) is 0 Å². The van der Waals surface area contributed by atoms with Gasteiger partial charge in [-0.05, 0) is 45.6 Å². The van der Waals surface area contributed by atoms with Crippen molar-refractivity contribution in [2.75, 3.05) is 13.1 Å². The maximum absolute atomic E-state index is 6.00. The Bertz CT molecular complexity index is 222. The van der Waals surface area contributed by atoms with Crippen molar-refractivity contribution >= 4 is 0 Å². The van der Waals surface area contributed by atoms with Gasteiger partial charge in [0.15, 0.2) is 0 Å². The molecule has 2 heterocycles. The van der Waals surface area contributed by atoms with Gasteiger partial charge in [-0.25, -0.2) is 0 Å². The average Bonchev–Trinajstić information content (AvgIpc) is 2.89. The van der Waals surface area contributed by atoms with Crippen molar-refractivity contribution in [2.45, 2.75) is 70.2 Å². The summed E-state index contributed by atoms with van der Waals surface area (Å²) in [4.78, 5) is 2.61. The fourth-order valence-electron chi connectivity index (χ4n) is 3.35. The summed E-state index contributed by atoms with van der Waals surface area (Å²) in [6.07, 6.45) is 7.13. The first kappa shape index (κ1) is 12.3. The third-order valence-electron chi connectivity index (χ3n) is 4.26. The molecule has 94 valence electrons. The molecule has 0 aromatic rings. The van der Waals surface area contributed by atoms with Gasteiger partial charge >= 0.3 is 0 Å². The van der Waals surface area contributed by atoms with Gasteiger partial charge < -0.3 is 10.5 Å². The highest BCUT2D eigenvalue weighted by molar-refractivity contribution is 4.91. The van der Waals surface area contributed by atoms with Crippen molar-refractivity contribution in [3.63, 3.8) is 0 Å². The molecule has 0 amide bonds. The van der Waals surface area contributed by atoms with Crippen LogP contribution in [0.1, 0.15) is 46.0 Å². The topological polar surface area (TPSA) is 38.5 Å². The molecule has 0 aromatic carbocycles. The minimum absolute atomic E-state index is 0.382. The summed E-state index contributed by atoms with van der Waals surface area (Å²) >= 11 is 0. The highest BCUT2D eigenvalue weighted by Crippen LogP contribution is 2.29. The van der Waals surface area contributed by atoms with Gasteiger partial charge in [0.25, 0.3) is 0 Å². The van der Waals surface area contributed by atoms with Crippen molar-refractivity contribution in [2.24, 2.45) is 5.73 Å². The second-order valence-corrected chi connectivity index (χ2v) is 5.31. The molecular weight excluding hydrogens is 200 g/mol. The van der Waals surface area contributed by atoms with E-state index in [4.69, 9.17) is 10.5 Å². The van der Waals surface area contributed by atoms with E-state index in [1.54, 1.807) is 0 Å². The van der Waals surface area contributed by atoms with Gasteiger partial charge in [-0.2, -0.15) is 0 Å². The summed E-state index contributed by atoms with van der Waals surface area (Å²) in [5.41, 5.74) is 5.97. The Labute approximate surface area is 99.3 Å². The zero-order valence-electron chi connectivity index (χ0n) is 10.7. The number of likely N-dealkylation sites (tertiary alicyclic amines) is 1. The lowest BCUT2D eigenvalue weighted by Gasteiger charge is -2.35. The van der Waals surface area contributed by atoms with Crippen LogP contribution in [-0.4, -0.2) is 42.3 Å². The van der Waals surface area contributed by atoms with Crippen LogP contribution in [-0.2, 0) is 4.74 Å². The number of rotatable bonds is 4. The molecule has 2 fully saturated rings. The SMILES string of the molecule is CCC1CCCN1C(CN)C1CCC(C)O1.